The van der Waals surface area contributed by atoms with Gasteiger partial charge in [-0.3, -0.25) is 4.79 Å². The molecular weight excluding hydrogens is 340 g/mol. The molecule has 0 spiro atoms. The molecule has 1 aromatic heterocycles. The van der Waals surface area contributed by atoms with E-state index in [4.69, 9.17) is 0 Å². The molecule has 0 bridgehead atoms. The second-order valence-electron chi connectivity index (χ2n) is 6.93. The fourth-order valence-electron chi connectivity index (χ4n) is 3.59. The molecule has 6 heteroatoms. The number of amides is 1. The highest BCUT2D eigenvalue weighted by molar-refractivity contribution is 5.78. The van der Waals surface area contributed by atoms with Crippen molar-refractivity contribution in [3.63, 3.8) is 0 Å². The van der Waals surface area contributed by atoms with E-state index in [1.807, 2.05) is 41.3 Å². The highest BCUT2D eigenvalue weighted by atomic mass is 16.3. The second kappa shape index (κ2) is 7.70. The second-order valence-corrected chi connectivity index (χ2v) is 6.93. The number of aromatic amines is 1. The number of benzene rings is 2. The van der Waals surface area contributed by atoms with Gasteiger partial charge in [-0.1, -0.05) is 30.3 Å². The molecule has 27 heavy (non-hydrogen) atoms. The summed E-state index contributed by atoms with van der Waals surface area (Å²) in [6.07, 6.45) is 1.90. The molecule has 6 nitrogen and oxygen atoms in total. The van der Waals surface area contributed by atoms with Gasteiger partial charge in [-0.2, -0.15) is 0 Å². The lowest BCUT2D eigenvalue weighted by Gasteiger charge is -2.22. The Bertz CT molecular complexity index is 904. The van der Waals surface area contributed by atoms with Crippen LogP contribution in [0.2, 0.25) is 0 Å². The lowest BCUT2D eigenvalue weighted by Crippen LogP contribution is -2.35. The third kappa shape index (κ3) is 3.89. The van der Waals surface area contributed by atoms with Crippen molar-refractivity contribution in [3.05, 3.63) is 54.1 Å². The third-order valence-corrected chi connectivity index (χ3v) is 5.12. The van der Waals surface area contributed by atoms with E-state index in [2.05, 4.69) is 14.9 Å². The number of hydrogen-bond donors (Lipinski definition) is 2. The molecule has 3 aromatic rings. The molecule has 1 amide bonds. The van der Waals surface area contributed by atoms with Crippen LogP contribution < -0.4 is 4.90 Å². The van der Waals surface area contributed by atoms with Gasteiger partial charge in [0.05, 0.1) is 11.0 Å². The number of aromatic nitrogens is 2. The van der Waals surface area contributed by atoms with Gasteiger partial charge < -0.3 is 19.9 Å². The van der Waals surface area contributed by atoms with Crippen molar-refractivity contribution in [2.24, 2.45) is 0 Å². The lowest BCUT2D eigenvalue weighted by molar-refractivity contribution is -0.130. The minimum atomic E-state index is 0.143. The summed E-state index contributed by atoms with van der Waals surface area (Å²) in [4.78, 5) is 24.8. The SMILES string of the molecule is O=C(CCc1ccccc1O)N1CCCN(c2nc3ccccc3[nH]2)CC1. The van der Waals surface area contributed by atoms with E-state index in [0.717, 1.165) is 48.6 Å². The van der Waals surface area contributed by atoms with Crippen molar-refractivity contribution in [1.82, 2.24) is 14.9 Å². The van der Waals surface area contributed by atoms with Crippen molar-refractivity contribution in [2.45, 2.75) is 19.3 Å². The molecule has 0 radical (unpaired) electrons. The number of anilines is 1. The van der Waals surface area contributed by atoms with E-state index in [1.165, 1.54) is 0 Å². The van der Waals surface area contributed by atoms with Crippen LogP contribution in [0.1, 0.15) is 18.4 Å². The standard InChI is InChI=1S/C21H24N4O2/c26-19-9-4-1-6-16(19)10-11-20(27)24-12-5-13-25(15-14-24)21-22-17-7-2-3-8-18(17)23-21/h1-4,6-9,26H,5,10-15H2,(H,22,23). The fourth-order valence-corrected chi connectivity index (χ4v) is 3.59. The van der Waals surface area contributed by atoms with Crippen LogP contribution in [0.5, 0.6) is 5.75 Å². The van der Waals surface area contributed by atoms with Gasteiger partial charge in [0.2, 0.25) is 11.9 Å². The number of aryl methyl sites for hydroxylation is 1. The van der Waals surface area contributed by atoms with E-state index >= 15 is 0 Å². The molecule has 0 unspecified atom stereocenters. The van der Waals surface area contributed by atoms with Crippen molar-refractivity contribution in [3.8, 4) is 5.75 Å². The molecule has 1 aliphatic heterocycles. The van der Waals surface area contributed by atoms with Gasteiger partial charge >= 0.3 is 0 Å². The van der Waals surface area contributed by atoms with E-state index in [0.29, 0.717) is 19.4 Å². The quantitative estimate of drug-likeness (QED) is 0.747. The zero-order valence-electron chi connectivity index (χ0n) is 15.3. The van der Waals surface area contributed by atoms with Gasteiger partial charge in [-0.15, -0.1) is 0 Å². The van der Waals surface area contributed by atoms with E-state index in [1.54, 1.807) is 12.1 Å². The zero-order chi connectivity index (χ0) is 18.6. The molecule has 4 rings (SSSR count). The van der Waals surface area contributed by atoms with Crippen LogP contribution in [0.15, 0.2) is 48.5 Å². The molecule has 0 saturated carbocycles. The van der Waals surface area contributed by atoms with Crippen LogP contribution in [0.4, 0.5) is 5.95 Å². The van der Waals surface area contributed by atoms with Crippen LogP contribution in [-0.4, -0.2) is 52.1 Å². The van der Waals surface area contributed by atoms with Crippen molar-refractivity contribution in [2.75, 3.05) is 31.1 Å². The molecule has 2 aromatic carbocycles. The first kappa shape index (κ1) is 17.4. The maximum absolute atomic E-state index is 12.6. The van der Waals surface area contributed by atoms with Gasteiger partial charge in [-0.05, 0) is 36.6 Å². The molecule has 0 atom stereocenters. The first-order chi connectivity index (χ1) is 13.2. The smallest absolute Gasteiger partial charge is 0.222 e. The van der Waals surface area contributed by atoms with Crippen LogP contribution in [-0.2, 0) is 11.2 Å². The Morgan fingerprint density at radius 1 is 1.04 bits per heavy atom. The average Bonchev–Trinajstić information content (AvgIpc) is 2.96. The van der Waals surface area contributed by atoms with Gasteiger partial charge in [0.1, 0.15) is 5.75 Å². The third-order valence-electron chi connectivity index (χ3n) is 5.12. The summed E-state index contributed by atoms with van der Waals surface area (Å²) in [6.45, 7) is 3.10. The topological polar surface area (TPSA) is 72.5 Å². The summed E-state index contributed by atoms with van der Waals surface area (Å²) in [5.41, 5.74) is 2.82. The molecular formula is C21H24N4O2. The number of H-pyrrole nitrogens is 1. The summed E-state index contributed by atoms with van der Waals surface area (Å²) in [7, 11) is 0. The Balaban J connectivity index is 1.36. The maximum atomic E-state index is 12.6. The number of fused-ring (bicyclic) bond motifs is 1. The van der Waals surface area contributed by atoms with Gasteiger partial charge in [0, 0.05) is 32.6 Å². The Kier molecular flexibility index (Phi) is 4.96. The number of nitrogens with zero attached hydrogens (tertiary/aromatic N) is 3. The molecule has 1 saturated heterocycles. The number of phenols is 1. The van der Waals surface area contributed by atoms with Gasteiger partial charge in [-0.25, -0.2) is 4.98 Å². The van der Waals surface area contributed by atoms with Crippen LogP contribution in [0, 0.1) is 0 Å². The van der Waals surface area contributed by atoms with Crippen LogP contribution >= 0.6 is 0 Å². The number of aromatic hydroxyl groups is 1. The minimum absolute atomic E-state index is 0.143. The number of rotatable bonds is 4. The molecule has 2 heterocycles. The van der Waals surface area contributed by atoms with Crippen molar-refractivity contribution in [1.29, 1.82) is 0 Å². The molecule has 0 aliphatic carbocycles. The summed E-state index contributed by atoms with van der Waals surface area (Å²) in [5, 5.41) is 9.86. The maximum Gasteiger partial charge on any atom is 0.222 e. The number of para-hydroxylation sites is 3. The van der Waals surface area contributed by atoms with E-state index in [9.17, 15) is 9.90 Å². The monoisotopic (exact) mass is 364 g/mol. The van der Waals surface area contributed by atoms with Crippen molar-refractivity contribution >= 4 is 22.9 Å². The minimum Gasteiger partial charge on any atom is -0.508 e. The number of carbonyl (C=O) groups excluding carboxylic acids is 1. The van der Waals surface area contributed by atoms with Crippen molar-refractivity contribution < 1.29 is 9.90 Å². The number of carbonyl (C=O) groups is 1. The molecule has 1 aliphatic rings. The van der Waals surface area contributed by atoms with E-state index in [-0.39, 0.29) is 11.7 Å². The highest BCUT2D eigenvalue weighted by Gasteiger charge is 2.21. The van der Waals surface area contributed by atoms with Gasteiger partial charge in [0.25, 0.3) is 0 Å². The predicted molar refractivity (Wildman–Crippen MR) is 106 cm³/mol. The summed E-state index contributed by atoms with van der Waals surface area (Å²) < 4.78 is 0. The molecule has 2 N–H and O–H groups in total. The normalized spacial score (nSPS) is 15.1. The Morgan fingerprint density at radius 3 is 2.70 bits per heavy atom. The largest absolute Gasteiger partial charge is 0.508 e. The van der Waals surface area contributed by atoms with Crippen LogP contribution in [0.3, 0.4) is 0 Å². The van der Waals surface area contributed by atoms with E-state index < -0.39 is 0 Å². The first-order valence-corrected chi connectivity index (χ1v) is 9.45. The number of phenolic OH excluding ortho intramolecular Hbond substituents is 1. The summed E-state index contributed by atoms with van der Waals surface area (Å²) >= 11 is 0. The Hall–Kier alpha value is -3.02. The first-order valence-electron chi connectivity index (χ1n) is 9.45. The zero-order valence-corrected chi connectivity index (χ0v) is 15.3. The lowest BCUT2D eigenvalue weighted by atomic mass is 10.1. The number of nitrogens with one attached hydrogen (secondary N) is 1. The fraction of sp³-hybridized carbons (Fsp3) is 0.333. The Morgan fingerprint density at radius 2 is 1.85 bits per heavy atom. The highest BCUT2D eigenvalue weighted by Crippen LogP contribution is 2.20. The average molecular weight is 364 g/mol. The number of imidazole rings is 1. The summed E-state index contributed by atoms with van der Waals surface area (Å²) in [6, 6.07) is 15.2. The van der Waals surface area contributed by atoms with Gasteiger partial charge in [0.15, 0.2) is 0 Å². The summed E-state index contributed by atoms with van der Waals surface area (Å²) in [5.74, 6) is 1.28. The molecule has 1 fully saturated rings. The predicted octanol–water partition coefficient (Wildman–Crippen LogP) is 2.94. The number of hydrogen-bond acceptors (Lipinski definition) is 4. The molecule has 140 valence electrons. The van der Waals surface area contributed by atoms with Crippen LogP contribution in [0.25, 0.3) is 11.0 Å². The Labute approximate surface area is 158 Å².